The second-order valence-electron chi connectivity index (χ2n) is 8.06. The maximum Gasteiger partial charge on any atom is 0.318 e. The lowest BCUT2D eigenvalue weighted by Gasteiger charge is -2.24. The van der Waals surface area contributed by atoms with Crippen LogP contribution in [0.5, 0.6) is 5.75 Å². The van der Waals surface area contributed by atoms with Gasteiger partial charge in [-0.15, -0.1) is 0 Å². The van der Waals surface area contributed by atoms with Crippen LogP contribution < -0.4 is 10.1 Å². The predicted octanol–water partition coefficient (Wildman–Crippen LogP) is 3.71. The number of aryl methyl sites for hydroxylation is 1. The highest BCUT2D eigenvalue weighted by Gasteiger charge is 2.55. The Morgan fingerprint density at radius 2 is 2.21 bits per heavy atom. The van der Waals surface area contributed by atoms with Gasteiger partial charge in [0, 0.05) is 24.0 Å². The summed E-state index contributed by atoms with van der Waals surface area (Å²) < 4.78 is 11.3. The lowest BCUT2D eigenvalue weighted by Crippen LogP contribution is -2.42. The number of nitrogens with zero attached hydrogens (tertiary/aromatic N) is 1. The third-order valence-electron chi connectivity index (χ3n) is 6.50. The third kappa shape index (κ3) is 2.80. The molecule has 0 radical (unpaired) electrons. The van der Waals surface area contributed by atoms with E-state index in [1.807, 2.05) is 32.0 Å². The zero-order valence-corrected chi connectivity index (χ0v) is 16.4. The molecule has 1 aliphatic carbocycles. The Bertz CT molecular complexity index is 936. The van der Waals surface area contributed by atoms with Gasteiger partial charge in [0.2, 0.25) is 0 Å². The maximum atomic E-state index is 12.8. The first-order chi connectivity index (χ1) is 13.4. The number of hydrogen-bond acceptors (Lipinski definition) is 4. The van der Waals surface area contributed by atoms with Crippen LogP contribution in [0, 0.1) is 18.3 Å². The number of carboxylic acid groups (broad SMARTS) is 1. The molecule has 2 aliphatic rings. The monoisotopic (exact) mass is 386 g/mol. The van der Waals surface area contributed by atoms with Crippen LogP contribution in [0.15, 0.2) is 22.6 Å². The summed E-state index contributed by atoms with van der Waals surface area (Å²) in [5.41, 5.74) is 0.934. The van der Waals surface area contributed by atoms with Gasteiger partial charge in [0.1, 0.15) is 17.1 Å². The number of methoxy groups -OCH3 is 1. The van der Waals surface area contributed by atoms with E-state index in [4.69, 9.17) is 9.15 Å². The van der Waals surface area contributed by atoms with Gasteiger partial charge in [-0.2, -0.15) is 0 Å². The molecule has 1 aliphatic heterocycles. The van der Waals surface area contributed by atoms with Gasteiger partial charge in [0.15, 0.2) is 0 Å². The fourth-order valence-corrected chi connectivity index (χ4v) is 4.89. The van der Waals surface area contributed by atoms with E-state index in [9.17, 15) is 14.7 Å². The number of carboxylic acids is 1. The Morgan fingerprint density at radius 3 is 2.89 bits per heavy atom. The number of amides is 2. The molecule has 7 heteroatoms. The molecule has 4 rings (SSSR count). The molecule has 3 atom stereocenters. The van der Waals surface area contributed by atoms with Crippen LogP contribution in [0.1, 0.15) is 43.6 Å². The minimum atomic E-state index is -0.777. The van der Waals surface area contributed by atoms with E-state index in [1.165, 1.54) is 0 Å². The minimum absolute atomic E-state index is 0.0476. The predicted molar refractivity (Wildman–Crippen MR) is 103 cm³/mol. The second-order valence-corrected chi connectivity index (χ2v) is 8.06. The molecule has 1 saturated heterocycles. The van der Waals surface area contributed by atoms with Gasteiger partial charge in [-0.25, -0.2) is 4.79 Å². The number of rotatable bonds is 4. The molecular formula is C21H26N2O5. The van der Waals surface area contributed by atoms with E-state index in [0.717, 1.165) is 35.1 Å². The Hall–Kier alpha value is -2.70. The third-order valence-corrected chi connectivity index (χ3v) is 6.50. The number of carbonyl (C=O) groups is 2. The molecule has 2 N–H and O–H groups in total. The van der Waals surface area contributed by atoms with Crippen LogP contribution in [0.25, 0.3) is 11.0 Å². The first-order valence-corrected chi connectivity index (χ1v) is 9.71. The molecule has 2 heterocycles. The van der Waals surface area contributed by atoms with Gasteiger partial charge in [0.05, 0.1) is 18.6 Å². The highest BCUT2D eigenvalue weighted by Crippen LogP contribution is 2.49. The van der Waals surface area contributed by atoms with E-state index in [2.05, 4.69) is 5.32 Å². The van der Waals surface area contributed by atoms with Crippen LogP contribution in [0.3, 0.4) is 0 Å². The fraction of sp³-hybridized carbons (Fsp3) is 0.524. The molecule has 0 spiro atoms. The summed E-state index contributed by atoms with van der Waals surface area (Å²) in [4.78, 5) is 26.3. The molecule has 1 saturated carbocycles. The average Bonchev–Trinajstić information content (AvgIpc) is 3.32. The van der Waals surface area contributed by atoms with Crippen molar-refractivity contribution in [3.63, 3.8) is 0 Å². The molecule has 28 heavy (non-hydrogen) atoms. The van der Waals surface area contributed by atoms with E-state index in [-0.39, 0.29) is 24.5 Å². The lowest BCUT2D eigenvalue weighted by atomic mass is 9.81. The largest absolute Gasteiger partial charge is 0.497 e. The van der Waals surface area contributed by atoms with Crippen molar-refractivity contribution in [2.45, 2.75) is 39.2 Å². The number of nitrogens with one attached hydrogen (secondary N) is 1. The topological polar surface area (TPSA) is 92.0 Å². The van der Waals surface area contributed by atoms with Crippen molar-refractivity contribution in [2.75, 3.05) is 20.2 Å². The number of urea groups is 1. The minimum Gasteiger partial charge on any atom is -0.497 e. The number of fused-ring (bicyclic) bond motifs is 2. The van der Waals surface area contributed by atoms with Crippen LogP contribution in [0.4, 0.5) is 4.79 Å². The van der Waals surface area contributed by atoms with E-state index in [1.54, 1.807) is 12.0 Å². The summed E-state index contributed by atoms with van der Waals surface area (Å²) in [6, 6.07) is 5.06. The number of carbonyl (C=O) groups excluding carboxylic acids is 1. The van der Waals surface area contributed by atoms with Crippen molar-refractivity contribution in [3.05, 3.63) is 29.5 Å². The number of furan rings is 1. The van der Waals surface area contributed by atoms with Crippen molar-refractivity contribution in [3.8, 4) is 5.75 Å². The molecular weight excluding hydrogens is 360 g/mol. The van der Waals surface area contributed by atoms with Gasteiger partial charge in [-0.05, 0) is 50.8 Å². The molecule has 1 unspecified atom stereocenters. The van der Waals surface area contributed by atoms with Gasteiger partial charge in [0.25, 0.3) is 0 Å². The zero-order valence-electron chi connectivity index (χ0n) is 16.4. The summed E-state index contributed by atoms with van der Waals surface area (Å²) in [5.74, 6) is 0.720. The Kier molecular flexibility index (Phi) is 4.48. The van der Waals surface area contributed by atoms with Crippen molar-refractivity contribution in [2.24, 2.45) is 11.3 Å². The van der Waals surface area contributed by atoms with Crippen molar-refractivity contribution < 1.29 is 23.8 Å². The highest BCUT2D eigenvalue weighted by molar-refractivity contribution is 5.84. The lowest BCUT2D eigenvalue weighted by molar-refractivity contribution is -0.149. The Labute approximate surface area is 163 Å². The first-order valence-electron chi connectivity index (χ1n) is 9.71. The van der Waals surface area contributed by atoms with Gasteiger partial charge in [-0.1, -0.05) is 6.42 Å². The average molecular weight is 386 g/mol. The SMILES string of the molecule is COc1ccc2oc(C(C)NC(=O)N3C[C@@H]4CCC[C@@]4(C(=O)O)C3)c(C)c2c1. The van der Waals surface area contributed by atoms with Crippen LogP contribution in [-0.2, 0) is 4.79 Å². The summed E-state index contributed by atoms with van der Waals surface area (Å²) in [5, 5.41) is 13.6. The smallest absolute Gasteiger partial charge is 0.318 e. The molecule has 1 aromatic heterocycles. The maximum absolute atomic E-state index is 12.8. The van der Waals surface area contributed by atoms with Crippen LogP contribution in [-0.4, -0.2) is 42.2 Å². The van der Waals surface area contributed by atoms with Gasteiger partial charge in [-0.3, -0.25) is 4.79 Å². The van der Waals surface area contributed by atoms with Crippen molar-refractivity contribution >= 4 is 23.0 Å². The Balaban J connectivity index is 1.50. The fourth-order valence-electron chi connectivity index (χ4n) is 4.89. The molecule has 1 aromatic carbocycles. The zero-order chi connectivity index (χ0) is 20.1. The summed E-state index contributed by atoms with van der Waals surface area (Å²) >= 11 is 0. The van der Waals surface area contributed by atoms with Gasteiger partial charge >= 0.3 is 12.0 Å². The van der Waals surface area contributed by atoms with Crippen LogP contribution >= 0.6 is 0 Å². The van der Waals surface area contributed by atoms with Gasteiger partial charge < -0.3 is 24.5 Å². The molecule has 2 fully saturated rings. The van der Waals surface area contributed by atoms with E-state index >= 15 is 0 Å². The van der Waals surface area contributed by atoms with Crippen LogP contribution in [0.2, 0.25) is 0 Å². The second kappa shape index (κ2) is 6.72. The summed E-state index contributed by atoms with van der Waals surface area (Å²) in [7, 11) is 1.62. The molecule has 2 amide bonds. The standard InChI is InChI=1S/C21H26N2O5/c1-12-16-9-15(27-3)6-7-17(16)28-18(12)13(2)22-20(26)23-10-14-5-4-8-21(14,11-23)19(24)25/h6-7,9,13-14H,4-5,8,10-11H2,1-3H3,(H,22,26)(H,24,25)/t13?,14-,21+/m0/s1. The van der Waals surface area contributed by atoms with E-state index in [0.29, 0.717) is 18.7 Å². The number of benzene rings is 1. The summed E-state index contributed by atoms with van der Waals surface area (Å²) in [6.07, 6.45) is 2.44. The number of hydrogen-bond donors (Lipinski definition) is 2. The number of aliphatic carboxylic acids is 1. The molecule has 2 aromatic rings. The Morgan fingerprint density at radius 1 is 1.43 bits per heavy atom. The normalized spacial score (nSPS) is 25.0. The quantitative estimate of drug-likeness (QED) is 0.836. The summed E-state index contributed by atoms with van der Waals surface area (Å²) in [6.45, 7) is 4.62. The van der Waals surface area contributed by atoms with E-state index < -0.39 is 11.4 Å². The highest BCUT2D eigenvalue weighted by atomic mass is 16.5. The number of ether oxygens (including phenoxy) is 1. The molecule has 7 nitrogen and oxygen atoms in total. The first kappa shape index (κ1) is 18.7. The molecule has 150 valence electrons. The molecule has 0 bridgehead atoms. The van der Waals surface area contributed by atoms with Crippen molar-refractivity contribution in [1.82, 2.24) is 10.2 Å². The number of likely N-dealkylation sites (tertiary alicyclic amines) is 1. The van der Waals surface area contributed by atoms with Crippen molar-refractivity contribution in [1.29, 1.82) is 0 Å².